The Hall–Kier alpha value is -3.44. The Kier molecular flexibility index (Phi) is 34.9. The maximum atomic E-state index is 2.31. The van der Waals surface area contributed by atoms with Gasteiger partial charge in [-0.25, -0.2) is 0 Å². The van der Waals surface area contributed by atoms with Crippen LogP contribution in [0.3, 0.4) is 0 Å². The maximum Gasteiger partial charge on any atom is 0.0153 e. The highest BCUT2D eigenvalue weighted by Crippen LogP contribution is 2.46. The fourth-order valence-corrected chi connectivity index (χ4v) is 33.3. The number of benzene rings is 12. The molecule has 0 nitrogen and oxygen atoms in total. The van der Waals surface area contributed by atoms with Crippen molar-refractivity contribution in [3.63, 3.8) is 0 Å². The van der Waals surface area contributed by atoms with E-state index < -0.39 is 31.7 Å². The van der Waals surface area contributed by atoms with Crippen molar-refractivity contribution >= 4 is 236 Å². The second-order valence-corrected chi connectivity index (χ2v) is 40.0. The third kappa shape index (κ3) is 20.6. The molecule has 0 radical (unpaired) electrons. The van der Waals surface area contributed by atoms with Crippen LogP contribution in [-0.2, 0) is 0 Å². The van der Waals surface area contributed by atoms with Crippen LogP contribution in [0.5, 0.6) is 0 Å². The zero-order valence-electron chi connectivity index (χ0n) is 58.4. The molecule has 0 saturated heterocycles. The summed E-state index contributed by atoms with van der Waals surface area (Å²) >= 11 is 22.1. The molecule has 100 heavy (non-hydrogen) atoms. The lowest BCUT2D eigenvalue weighted by atomic mass is 10.3. The second-order valence-electron chi connectivity index (χ2n) is 21.4. The predicted octanol–water partition coefficient (Wildman–Crippen LogP) is 22.4. The van der Waals surface area contributed by atoms with Crippen molar-refractivity contribution in [1.29, 1.82) is 0 Å². The van der Waals surface area contributed by atoms with E-state index in [1.54, 1.807) is 0 Å². The van der Waals surface area contributed by atoms with Gasteiger partial charge in [0, 0.05) is 58.7 Å². The van der Waals surface area contributed by atoms with Crippen molar-refractivity contribution in [3.8, 4) is 0 Å². The van der Waals surface area contributed by atoms with Crippen molar-refractivity contribution in [2.75, 3.05) is 75.1 Å². The van der Waals surface area contributed by atoms with E-state index in [1.807, 2.05) is 141 Å². The monoisotopic (exact) mass is 1600 g/mol. The Morgan fingerprint density at radius 1 is 0.120 bits per heavy atom. The highest BCUT2D eigenvalue weighted by molar-refractivity contribution is 8.03. The smallest absolute Gasteiger partial charge is 0.0153 e. The topological polar surface area (TPSA) is 0 Å². The normalized spacial score (nSPS) is 11.0. The number of rotatable bonds is 24. The van der Waals surface area contributed by atoms with E-state index >= 15 is 0 Å². The summed E-state index contributed by atoms with van der Waals surface area (Å²) in [5.74, 6) is 0. The van der Waals surface area contributed by atoms with Gasteiger partial charge in [0.2, 0.25) is 0 Å². The molecule has 0 aliphatic rings. The van der Waals surface area contributed by atoms with Crippen molar-refractivity contribution in [2.24, 2.45) is 0 Å². The zero-order chi connectivity index (χ0) is 70.6. The number of hydrogen-bond acceptors (Lipinski definition) is 12. The van der Waals surface area contributed by atoms with Crippen LogP contribution in [-0.4, -0.2) is 75.1 Å². The second kappa shape index (κ2) is 43.2. The maximum absolute atomic E-state index is 2.31. The molecule has 0 unspecified atom stereocenters. The van der Waals surface area contributed by atoms with Gasteiger partial charge in [-0.05, 0) is 243 Å². The summed E-state index contributed by atoms with van der Waals surface area (Å²) in [7, 11) is -2.35. The van der Waals surface area contributed by atoms with Crippen LogP contribution in [0.1, 0.15) is 0 Å². The Balaban J connectivity index is 0.000000156. The first kappa shape index (κ1) is 80.7. The average Bonchev–Trinajstić information content (AvgIpc) is 0.806. The summed E-state index contributed by atoms with van der Waals surface area (Å²) in [6.45, 7) is 0. The van der Waals surface area contributed by atoms with Crippen molar-refractivity contribution in [2.45, 2.75) is 58.7 Å². The van der Waals surface area contributed by atoms with Crippen LogP contribution in [0.25, 0.3) is 0 Å². The van der Waals surface area contributed by atoms with E-state index in [1.165, 1.54) is 122 Å². The van der Waals surface area contributed by atoms with Gasteiger partial charge in [0.1, 0.15) is 0 Å². The van der Waals surface area contributed by atoms with E-state index in [-0.39, 0.29) is 0 Å². The molecule has 0 N–H and O–H groups in total. The van der Waals surface area contributed by atoms with Crippen LogP contribution in [0.15, 0.2) is 350 Å². The minimum atomic E-state index is -0.588. The summed E-state index contributed by atoms with van der Waals surface area (Å²) < 4.78 is 0. The largest absolute Gasteiger partial charge is 0.129 e. The Morgan fingerprint density at radius 2 is 0.190 bits per heavy atom. The van der Waals surface area contributed by atoms with E-state index in [4.69, 9.17) is 0 Å². The molecule has 0 fully saturated rings. The Morgan fingerprint density at radius 3 is 0.260 bits per heavy atom. The average molecular weight is 1600 g/mol. The van der Waals surface area contributed by atoms with Crippen LogP contribution in [0.4, 0.5) is 0 Å². The molecular weight excluding hydrogens is 1520 g/mol. The lowest BCUT2D eigenvalue weighted by Crippen LogP contribution is -2.24. The SMILES string of the molecule is CSc1ccccc1P(c1ccccc1SC)c1ccccc1SC.CSc1ccccc1P(c1ccccc1SC)c1ccccc1SC.CSc1ccccc1P(c1ccccc1SC)c1ccccc1SC.CSc1ccccc1P(c1ccccc1SC)c1ccccc1SC. The molecular formula is C84H84P4S12. The number of hydrogen-bond donors (Lipinski definition) is 0. The molecule has 0 bridgehead atoms. The minimum Gasteiger partial charge on any atom is -0.129 e. The Bertz CT molecular complexity index is 3510. The lowest BCUT2D eigenvalue weighted by Gasteiger charge is -2.25. The van der Waals surface area contributed by atoms with Crippen molar-refractivity contribution in [1.82, 2.24) is 0 Å². The minimum absolute atomic E-state index is 0.588. The lowest BCUT2D eigenvalue weighted by molar-refractivity contribution is 1.49. The van der Waals surface area contributed by atoms with Gasteiger partial charge in [0.05, 0.1) is 0 Å². The van der Waals surface area contributed by atoms with Gasteiger partial charge in [0.15, 0.2) is 0 Å². The summed E-state index contributed by atoms with van der Waals surface area (Å²) in [5, 5.41) is 17.4. The van der Waals surface area contributed by atoms with Gasteiger partial charge >= 0.3 is 0 Å². The number of thioether (sulfide) groups is 12. The van der Waals surface area contributed by atoms with Crippen LogP contribution < -0.4 is 63.7 Å². The van der Waals surface area contributed by atoms with Gasteiger partial charge in [-0.2, -0.15) is 0 Å². The van der Waals surface area contributed by atoms with Crippen LogP contribution in [0, 0.1) is 0 Å². The quantitative estimate of drug-likeness (QED) is 0.0418. The van der Waals surface area contributed by atoms with Gasteiger partial charge in [0.25, 0.3) is 0 Å². The van der Waals surface area contributed by atoms with Crippen LogP contribution in [0.2, 0.25) is 0 Å². The first-order valence-electron chi connectivity index (χ1n) is 32.0. The Labute approximate surface area is 654 Å². The van der Waals surface area contributed by atoms with Gasteiger partial charge in [-0.1, -0.05) is 218 Å². The fourth-order valence-electron chi connectivity index (χ4n) is 11.3. The highest BCUT2D eigenvalue weighted by Gasteiger charge is 2.28. The van der Waals surface area contributed by atoms with Crippen molar-refractivity contribution in [3.05, 3.63) is 291 Å². The van der Waals surface area contributed by atoms with E-state index in [0.29, 0.717) is 0 Å². The molecule has 12 aromatic rings. The summed E-state index contributed by atoms with van der Waals surface area (Å²) in [5.41, 5.74) is 0. The standard InChI is InChI=1S/4C21H21PS3/c4*1-23-19-13-7-4-10-16(19)22(17-11-5-8-14-20(17)24-2)18-12-6-9-15-21(18)25-3/h4*4-15H,1-3H3. The van der Waals surface area contributed by atoms with E-state index in [9.17, 15) is 0 Å². The first-order chi connectivity index (χ1) is 49.2. The summed E-state index contributed by atoms with van der Waals surface area (Å²) in [6, 6.07) is 107. The van der Waals surface area contributed by atoms with E-state index in [2.05, 4.69) is 366 Å². The third-order valence-corrected chi connectivity index (χ3v) is 37.7. The van der Waals surface area contributed by atoms with E-state index in [0.717, 1.165) is 0 Å². The van der Waals surface area contributed by atoms with Gasteiger partial charge < -0.3 is 0 Å². The molecule has 12 aromatic carbocycles. The highest BCUT2D eigenvalue weighted by atomic mass is 32.2. The first-order valence-corrected chi connectivity index (χ1v) is 52.0. The molecule has 16 heteroatoms. The molecule has 0 saturated carbocycles. The third-order valence-electron chi connectivity index (χ3n) is 15.9. The summed E-state index contributed by atoms with van der Waals surface area (Å²) in [4.78, 5) is 16.5. The molecule has 0 aromatic heterocycles. The molecule has 0 amide bonds. The molecule has 0 spiro atoms. The van der Waals surface area contributed by atoms with Gasteiger partial charge in [-0.3, -0.25) is 0 Å². The molecule has 0 aliphatic heterocycles. The molecule has 512 valence electrons. The molecule has 0 heterocycles. The zero-order valence-corrected chi connectivity index (χ0v) is 71.8. The molecule has 12 rings (SSSR count). The molecule has 0 aliphatic carbocycles. The van der Waals surface area contributed by atoms with Crippen LogP contribution >= 0.6 is 173 Å². The van der Waals surface area contributed by atoms with Gasteiger partial charge in [-0.15, -0.1) is 141 Å². The van der Waals surface area contributed by atoms with Crippen molar-refractivity contribution < 1.29 is 0 Å². The summed E-state index contributed by atoms with van der Waals surface area (Å²) in [6.07, 6.45) is 26.1. The predicted molar refractivity (Wildman–Crippen MR) is 482 cm³/mol. The molecule has 0 atom stereocenters. The fraction of sp³-hybridized carbons (Fsp3) is 0.143.